The fourth-order valence-electron chi connectivity index (χ4n) is 4.22. The van der Waals surface area contributed by atoms with Crippen LogP contribution in [0.5, 0.6) is 5.75 Å². The second kappa shape index (κ2) is 5.90. The number of imidazole rings is 1. The maximum Gasteiger partial charge on any atom is 0.233 e. The van der Waals surface area contributed by atoms with E-state index in [2.05, 4.69) is 21.4 Å². The molecule has 132 valence electrons. The van der Waals surface area contributed by atoms with Gasteiger partial charge in [0, 0.05) is 25.0 Å². The molecule has 1 aromatic carbocycles. The van der Waals surface area contributed by atoms with Crippen LogP contribution in [-0.2, 0) is 10.2 Å². The van der Waals surface area contributed by atoms with E-state index in [1.54, 1.807) is 7.11 Å². The Kier molecular flexibility index (Phi) is 3.82. The van der Waals surface area contributed by atoms with Gasteiger partial charge in [-0.25, -0.2) is 4.98 Å². The number of benzene rings is 1. The molecule has 1 amide bonds. The Morgan fingerprint density at radius 2 is 1.96 bits per heavy atom. The first-order valence-electron chi connectivity index (χ1n) is 8.99. The van der Waals surface area contributed by atoms with Crippen LogP contribution < -0.4 is 4.74 Å². The SMILES string of the molecule is COc1ccc(C2(C(=O)N3CCC(n4c(C)cnc4C)C3)CC2)cc1. The lowest BCUT2D eigenvalue weighted by atomic mass is 9.94. The monoisotopic (exact) mass is 339 g/mol. The highest BCUT2D eigenvalue weighted by atomic mass is 16.5. The number of methoxy groups -OCH3 is 1. The summed E-state index contributed by atoms with van der Waals surface area (Å²) >= 11 is 0. The Balaban J connectivity index is 1.51. The van der Waals surface area contributed by atoms with Crippen LogP contribution in [0.1, 0.15) is 42.4 Å². The summed E-state index contributed by atoms with van der Waals surface area (Å²) in [5, 5.41) is 0. The number of aromatic nitrogens is 2. The number of aryl methyl sites for hydroxylation is 2. The van der Waals surface area contributed by atoms with Crippen molar-refractivity contribution >= 4 is 5.91 Å². The predicted molar refractivity (Wildman–Crippen MR) is 95.8 cm³/mol. The number of carbonyl (C=O) groups excluding carboxylic acids is 1. The van der Waals surface area contributed by atoms with Gasteiger partial charge in [0.2, 0.25) is 5.91 Å². The Labute approximate surface area is 148 Å². The molecule has 1 aliphatic carbocycles. The van der Waals surface area contributed by atoms with Gasteiger partial charge in [-0.2, -0.15) is 0 Å². The van der Waals surface area contributed by atoms with Crippen molar-refractivity contribution in [1.29, 1.82) is 0 Å². The van der Waals surface area contributed by atoms with Crippen LogP contribution in [0.4, 0.5) is 0 Å². The van der Waals surface area contributed by atoms with Gasteiger partial charge in [-0.1, -0.05) is 12.1 Å². The Bertz CT molecular complexity index is 770. The van der Waals surface area contributed by atoms with Crippen molar-refractivity contribution in [3.8, 4) is 5.75 Å². The summed E-state index contributed by atoms with van der Waals surface area (Å²) in [4.78, 5) is 19.7. The summed E-state index contributed by atoms with van der Waals surface area (Å²) < 4.78 is 7.51. The van der Waals surface area contributed by atoms with Crippen molar-refractivity contribution < 1.29 is 9.53 Å². The number of ether oxygens (including phenoxy) is 1. The van der Waals surface area contributed by atoms with Gasteiger partial charge in [0.15, 0.2) is 0 Å². The maximum atomic E-state index is 13.2. The molecule has 4 rings (SSSR count). The van der Waals surface area contributed by atoms with Gasteiger partial charge in [0.05, 0.1) is 18.6 Å². The van der Waals surface area contributed by atoms with Crippen LogP contribution in [0.15, 0.2) is 30.5 Å². The van der Waals surface area contributed by atoms with Crippen molar-refractivity contribution in [3.05, 3.63) is 47.5 Å². The predicted octanol–water partition coefficient (Wildman–Crippen LogP) is 3.01. The normalized spacial score (nSPS) is 21.4. The summed E-state index contributed by atoms with van der Waals surface area (Å²) in [5.41, 5.74) is 1.99. The van der Waals surface area contributed by atoms with Crippen molar-refractivity contribution in [3.63, 3.8) is 0 Å². The number of carbonyl (C=O) groups is 1. The average Bonchev–Trinajstić information content (AvgIpc) is 3.19. The minimum atomic E-state index is -0.305. The summed E-state index contributed by atoms with van der Waals surface area (Å²) in [6.07, 6.45) is 4.81. The van der Waals surface area contributed by atoms with Crippen LogP contribution in [0, 0.1) is 13.8 Å². The zero-order chi connectivity index (χ0) is 17.6. The van der Waals surface area contributed by atoms with E-state index in [1.807, 2.05) is 37.4 Å². The zero-order valence-corrected chi connectivity index (χ0v) is 15.2. The van der Waals surface area contributed by atoms with E-state index in [0.29, 0.717) is 6.04 Å². The topological polar surface area (TPSA) is 47.4 Å². The summed E-state index contributed by atoms with van der Waals surface area (Å²) in [6.45, 7) is 5.74. The summed E-state index contributed by atoms with van der Waals surface area (Å²) in [5.74, 6) is 2.16. The quantitative estimate of drug-likeness (QED) is 0.860. The Morgan fingerprint density at radius 1 is 1.24 bits per heavy atom. The lowest BCUT2D eigenvalue weighted by Crippen LogP contribution is -2.38. The van der Waals surface area contributed by atoms with E-state index >= 15 is 0 Å². The summed E-state index contributed by atoms with van der Waals surface area (Å²) in [7, 11) is 1.66. The van der Waals surface area contributed by atoms with E-state index in [-0.39, 0.29) is 11.3 Å². The van der Waals surface area contributed by atoms with Crippen molar-refractivity contribution in [2.24, 2.45) is 0 Å². The van der Waals surface area contributed by atoms with Crippen molar-refractivity contribution in [2.45, 2.75) is 44.6 Å². The smallest absolute Gasteiger partial charge is 0.233 e. The Morgan fingerprint density at radius 3 is 2.52 bits per heavy atom. The molecule has 2 aromatic rings. The second-order valence-corrected chi connectivity index (χ2v) is 7.32. The standard InChI is InChI=1S/C20H25N3O2/c1-14-12-21-15(2)23(14)17-8-11-22(13-17)19(24)20(9-10-20)16-4-6-18(25-3)7-5-16/h4-7,12,17H,8-11,13H2,1-3H3. The van der Waals surface area contributed by atoms with Crippen LogP contribution >= 0.6 is 0 Å². The lowest BCUT2D eigenvalue weighted by molar-refractivity contribution is -0.133. The molecule has 0 bridgehead atoms. The largest absolute Gasteiger partial charge is 0.497 e. The molecular weight excluding hydrogens is 314 g/mol. The van der Waals surface area contributed by atoms with Crippen LogP contribution in [0.3, 0.4) is 0 Å². The van der Waals surface area contributed by atoms with Gasteiger partial charge in [-0.3, -0.25) is 4.79 Å². The van der Waals surface area contributed by atoms with Gasteiger partial charge >= 0.3 is 0 Å². The molecule has 25 heavy (non-hydrogen) atoms. The zero-order valence-electron chi connectivity index (χ0n) is 15.2. The van der Waals surface area contributed by atoms with Crippen LogP contribution in [-0.4, -0.2) is 40.6 Å². The number of hydrogen-bond acceptors (Lipinski definition) is 3. The fourth-order valence-corrected chi connectivity index (χ4v) is 4.22. The minimum absolute atomic E-state index is 0.288. The third-order valence-corrected chi connectivity index (χ3v) is 5.78. The molecule has 1 unspecified atom stereocenters. The molecule has 0 N–H and O–H groups in total. The molecular formula is C20H25N3O2. The number of nitrogens with zero attached hydrogens (tertiary/aromatic N) is 3. The van der Waals surface area contributed by atoms with E-state index in [1.165, 1.54) is 5.69 Å². The molecule has 5 heteroatoms. The molecule has 1 aromatic heterocycles. The van der Waals surface area contributed by atoms with Gasteiger partial charge in [0.25, 0.3) is 0 Å². The number of rotatable bonds is 4. The summed E-state index contributed by atoms with van der Waals surface area (Å²) in [6, 6.07) is 8.34. The van der Waals surface area contributed by atoms with E-state index < -0.39 is 0 Å². The first-order valence-corrected chi connectivity index (χ1v) is 8.99. The first kappa shape index (κ1) is 16.2. The lowest BCUT2D eigenvalue weighted by Gasteiger charge is -2.24. The van der Waals surface area contributed by atoms with Gasteiger partial charge in [0.1, 0.15) is 11.6 Å². The average molecular weight is 339 g/mol. The second-order valence-electron chi connectivity index (χ2n) is 7.32. The van der Waals surface area contributed by atoms with Crippen molar-refractivity contribution in [1.82, 2.24) is 14.5 Å². The third kappa shape index (κ3) is 2.62. The highest BCUT2D eigenvalue weighted by molar-refractivity contribution is 5.91. The van der Waals surface area contributed by atoms with E-state index in [4.69, 9.17) is 4.74 Å². The van der Waals surface area contributed by atoms with Crippen LogP contribution in [0.2, 0.25) is 0 Å². The Hall–Kier alpha value is -2.30. The van der Waals surface area contributed by atoms with E-state index in [0.717, 1.165) is 49.5 Å². The van der Waals surface area contributed by atoms with Gasteiger partial charge in [-0.15, -0.1) is 0 Å². The molecule has 5 nitrogen and oxygen atoms in total. The highest BCUT2D eigenvalue weighted by Crippen LogP contribution is 2.50. The first-order chi connectivity index (χ1) is 12.0. The highest BCUT2D eigenvalue weighted by Gasteiger charge is 2.53. The number of likely N-dealkylation sites (tertiary alicyclic amines) is 1. The maximum absolute atomic E-state index is 13.2. The van der Waals surface area contributed by atoms with Gasteiger partial charge < -0.3 is 14.2 Å². The number of amides is 1. The third-order valence-electron chi connectivity index (χ3n) is 5.78. The molecule has 0 radical (unpaired) electrons. The molecule has 1 aliphatic heterocycles. The molecule has 1 saturated heterocycles. The van der Waals surface area contributed by atoms with Crippen molar-refractivity contribution in [2.75, 3.05) is 20.2 Å². The van der Waals surface area contributed by atoms with Gasteiger partial charge in [-0.05, 0) is 50.8 Å². The molecule has 2 aliphatic rings. The minimum Gasteiger partial charge on any atom is -0.497 e. The fraction of sp³-hybridized carbons (Fsp3) is 0.500. The molecule has 1 atom stereocenters. The molecule has 0 spiro atoms. The molecule has 2 heterocycles. The number of hydrogen-bond donors (Lipinski definition) is 0. The van der Waals surface area contributed by atoms with E-state index in [9.17, 15) is 4.79 Å². The molecule has 1 saturated carbocycles. The van der Waals surface area contributed by atoms with Crippen LogP contribution in [0.25, 0.3) is 0 Å². The molecule has 2 fully saturated rings.